The topological polar surface area (TPSA) is 178 Å². The Labute approximate surface area is 433 Å². The number of anilines is 2. The quantitative estimate of drug-likeness (QED) is 0.00705. The van der Waals surface area contributed by atoms with Gasteiger partial charge in [0.15, 0.2) is 5.79 Å². The highest BCUT2D eigenvalue weighted by Gasteiger charge is 2.48. The predicted octanol–water partition coefficient (Wildman–Crippen LogP) is 11.5. The first-order chi connectivity index (χ1) is 35.9. The van der Waals surface area contributed by atoms with Gasteiger partial charge in [-0.1, -0.05) is 108 Å². The molecule has 10 N–H and O–H groups in total. The van der Waals surface area contributed by atoms with Crippen molar-refractivity contribution in [3.63, 3.8) is 0 Å². The van der Waals surface area contributed by atoms with Crippen LogP contribution in [0.15, 0.2) is 158 Å². The molecule has 0 aliphatic rings. The molecule has 12 nitrogen and oxygen atoms in total. The van der Waals surface area contributed by atoms with Crippen molar-refractivity contribution in [2.24, 2.45) is 5.41 Å². The van der Waals surface area contributed by atoms with Gasteiger partial charge < -0.3 is 40.8 Å². The van der Waals surface area contributed by atoms with Gasteiger partial charge in [-0.3, -0.25) is 0 Å². The van der Waals surface area contributed by atoms with E-state index in [0.717, 1.165) is 33.4 Å². The second-order valence-corrected chi connectivity index (χ2v) is 18.2. The maximum atomic E-state index is 12.4. The fraction of sp³-hybridized carbons (Fsp3) is 0.298. The minimum atomic E-state index is -4.20. The average molecular weight is 1040 g/mol. The van der Waals surface area contributed by atoms with E-state index in [1.165, 1.54) is 0 Å². The first kappa shape index (κ1) is 57.2. The standard InChI is InChI=1S/C57H64F6N6O6/c58-56(59,60)34-4-36-72-50-24-16-46(17-25-50)40-66-68-74-52-28-12-42(13-29-52)6-1-2-32-54(38-44-8-20-48(64)21-9-44,39-45-10-22-49(65)23-11-45)55(70,71)33-3-7-43-14-30-53(31-15-43)75-69-67-41-47-18-26-51(27-19-47)73-37-5-35-57(61,62)63/h1,3,6-31,66-71H,2,4-5,32-41,64-65H2/b6-1+,7-3+. The number of nitrogens with one attached hydrogen (secondary N) is 4. The van der Waals surface area contributed by atoms with Gasteiger partial charge in [-0.25, -0.2) is 10.9 Å². The van der Waals surface area contributed by atoms with Gasteiger partial charge in [0, 0.05) is 49.1 Å². The number of allylic oxidation sites excluding steroid dienone is 1. The lowest BCUT2D eigenvalue weighted by Crippen LogP contribution is -2.51. The van der Waals surface area contributed by atoms with Crippen LogP contribution in [-0.2, 0) is 25.9 Å². The molecule has 0 saturated heterocycles. The van der Waals surface area contributed by atoms with Crippen LogP contribution >= 0.6 is 0 Å². The Morgan fingerprint density at radius 1 is 0.453 bits per heavy atom. The number of nitrogens with two attached hydrogens (primary N) is 2. The molecule has 0 radical (unpaired) electrons. The van der Waals surface area contributed by atoms with Crippen LogP contribution in [0, 0.1) is 5.41 Å². The first-order valence-electron chi connectivity index (χ1n) is 24.4. The molecule has 0 fully saturated rings. The van der Waals surface area contributed by atoms with Crippen molar-refractivity contribution >= 4 is 23.5 Å². The zero-order valence-electron chi connectivity index (χ0n) is 41.3. The van der Waals surface area contributed by atoms with Gasteiger partial charge in [-0.2, -0.15) is 26.3 Å². The van der Waals surface area contributed by atoms with Crippen molar-refractivity contribution in [3.8, 4) is 23.0 Å². The molecule has 0 heterocycles. The molecule has 400 valence electrons. The lowest BCUT2D eigenvalue weighted by atomic mass is 9.66. The Morgan fingerprint density at radius 3 is 1.23 bits per heavy atom. The normalized spacial score (nSPS) is 12.4. The number of rotatable bonds is 30. The summed E-state index contributed by atoms with van der Waals surface area (Å²) in [7, 11) is 0. The fourth-order valence-corrected chi connectivity index (χ4v) is 8.02. The van der Waals surface area contributed by atoms with E-state index in [1.807, 2.05) is 78.9 Å². The summed E-state index contributed by atoms with van der Waals surface area (Å²) in [6.45, 7) is 0.749. The van der Waals surface area contributed by atoms with E-state index < -0.39 is 36.4 Å². The van der Waals surface area contributed by atoms with Gasteiger partial charge in [0.25, 0.3) is 0 Å². The third-order valence-corrected chi connectivity index (χ3v) is 12.1. The maximum Gasteiger partial charge on any atom is 0.389 e. The highest BCUT2D eigenvalue weighted by atomic mass is 19.4. The largest absolute Gasteiger partial charge is 0.494 e. The molecule has 0 aliphatic carbocycles. The minimum absolute atomic E-state index is 0.0191. The lowest BCUT2D eigenvalue weighted by Gasteiger charge is -2.44. The molecule has 0 bridgehead atoms. The van der Waals surface area contributed by atoms with Crippen LogP contribution in [0.4, 0.5) is 37.7 Å². The molecule has 6 aromatic rings. The van der Waals surface area contributed by atoms with Crippen LogP contribution in [0.2, 0.25) is 0 Å². The van der Waals surface area contributed by atoms with E-state index in [1.54, 1.807) is 91.0 Å². The zero-order valence-corrected chi connectivity index (χ0v) is 41.3. The van der Waals surface area contributed by atoms with E-state index in [4.69, 9.17) is 30.6 Å². The lowest BCUT2D eigenvalue weighted by molar-refractivity contribution is -0.243. The van der Waals surface area contributed by atoms with Gasteiger partial charge >= 0.3 is 12.4 Å². The number of hydrogen-bond donors (Lipinski definition) is 8. The molecular weight excluding hydrogens is 979 g/mol. The zero-order chi connectivity index (χ0) is 53.6. The number of aliphatic hydroxyl groups is 2. The molecule has 0 atom stereocenters. The summed E-state index contributed by atoms with van der Waals surface area (Å²) in [4.78, 5) is 11.3. The number of benzene rings is 6. The van der Waals surface area contributed by atoms with Gasteiger partial charge in [-0.15, -0.1) is 0 Å². The Balaban J connectivity index is 1.02. The molecule has 75 heavy (non-hydrogen) atoms. The number of alkyl halides is 6. The molecule has 0 aromatic heterocycles. The number of hydrazine groups is 2. The molecular formula is C57H64F6N6O6. The third-order valence-electron chi connectivity index (χ3n) is 12.1. The highest BCUT2D eigenvalue weighted by molar-refractivity contribution is 5.52. The van der Waals surface area contributed by atoms with Gasteiger partial charge in [0.2, 0.25) is 0 Å². The van der Waals surface area contributed by atoms with Gasteiger partial charge in [-0.05, 0) is 145 Å². The van der Waals surface area contributed by atoms with Crippen molar-refractivity contribution in [3.05, 3.63) is 191 Å². The molecule has 0 saturated carbocycles. The van der Waals surface area contributed by atoms with E-state index in [-0.39, 0.29) is 32.5 Å². The molecule has 6 aromatic carbocycles. The first-order valence-corrected chi connectivity index (χ1v) is 24.4. The molecule has 6 rings (SSSR count). The molecule has 0 aliphatic heterocycles. The minimum Gasteiger partial charge on any atom is -0.494 e. The molecule has 0 amide bonds. The Hall–Kier alpha value is -7.06. The summed E-state index contributed by atoms with van der Waals surface area (Å²) in [6, 6.07) is 43.5. The predicted molar refractivity (Wildman–Crippen MR) is 279 cm³/mol. The van der Waals surface area contributed by atoms with E-state index >= 15 is 0 Å². The summed E-state index contributed by atoms with van der Waals surface area (Å²) < 4.78 is 85.0. The van der Waals surface area contributed by atoms with E-state index in [0.29, 0.717) is 73.1 Å². The molecule has 18 heteroatoms. The Bertz CT molecular complexity index is 2600. The summed E-state index contributed by atoms with van der Waals surface area (Å²) in [6.07, 6.45) is -1.36. The van der Waals surface area contributed by atoms with Crippen LogP contribution in [0.5, 0.6) is 23.0 Å². The summed E-state index contributed by atoms with van der Waals surface area (Å²) in [5.41, 5.74) is 28.8. The number of hydrogen-bond acceptors (Lipinski definition) is 12. The van der Waals surface area contributed by atoms with Crippen molar-refractivity contribution in [2.75, 3.05) is 24.7 Å². The second kappa shape index (κ2) is 28.0. The van der Waals surface area contributed by atoms with Crippen LogP contribution in [0.3, 0.4) is 0 Å². The summed E-state index contributed by atoms with van der Waals surface area (Å²) in [5, 5.41) is 24.7. The van der Waals surface area contributed by atoms with Crippen LogP contribution in [0.1, 0.15) is 78.3 Å². The summed E-state index contributed by atoms with van der Waals surface area (Å²) in [5.74, 6) is -0.141. The van der Waals surface area contributed by atoms with Gasteiger partial charge in [0.1, 0.15) is 23.0 Å². The second-order valence-electron chi connectivity index (χ2n) is 18.2. The fourth-order valence-electron chi connectivity index (χ4n) is 8.02. The molecule has 0 unspecified atom stereocenters. The smallest absolute Gasteiger partial charge is 0.389 e. The Morgan fingerprint density at radius 2 is 0.827 bits per heavy atom. The SMILES string of the molecule is Nc1ccc(CC(CC/C=C/c2ccc(ONNCc3ccc(OCCCC(F)(F)F)cc3)cc2)(Cc2ccc(N)cc2)C(O)(O)C/C=C/c2ccc(ONNCc3ccc(OCCCC(F)(F)F)cc3)cc2)cc1. The average Bonchev–Trinajstić information content (AvgIpc) is 3.38. The summed E-state index contributed by atoms with van der Waals surface area (Å²) >= 11 is 0. The van der Waals surface area contributed by atoms with Crippen molar-refractivity contribution < 1.29 is 55.7 Å². The number of nitrogen functional groups attached to an aromatic ring is 2. The Kier molecular flexibility index (Phi) is 21.4. The third kappa shape index (κ3) is 20.6. The van der Waals surface area contributed by atoms with Crippen molar-refractivity contribution in [1.82, 2.24) is 22.0 Å². The van der Waals surface area contributed by atoms with E-state index in [2.05, 4.69) is 22.0 Å². The highest BCUT2D eigenvalue weighted by Crippen LogP contribution is 2.44. The van der Waals surface area contributed by atoms with Crippen LogP contribution < -0.4 is 52.6 Å². The van der Waals surface area contributed by atoms with Crippen molar-refractivity contribution in [1.29, 1.82) is 0 Å². The van der Waals surface area contributed by atoms with Gasteiger partial charge in [0.05, 0.1) is 13.2 Å². The van der Waals surface area contributed by atoms with Crippen LogP contribution in [0.25, 0.3) is 12.2 Å². The number of ether oxygens (including phenoxy) is 2. The maximum absolute atomic E-state index is 12.4. The molecule has 0 spiro atoms. The van der Waals surface area contributed by atoms with Crippen LogP contribution in [-0.4, -0.2) is 41.6 Å². The number of halogens is 6. The van der Waals surface area contributed by atoms with E-state index in [9.17, 15) is 36.6 Å². The van der Waals surface area contributed by atoms with Crippen molar-refractivity contribution in [2.45, 2.75) is 89.0 Å². The monoisotopic (exact) mass is 1040 g/mol.